The van der Waals surface area contributed by atoms with E-state index in [9.17, 15) is 4.79 Å². The smallest absolute Gasteiger partial charge is 0.459 e. The molecule has 1 aliphatic rings. The van der Waals surface area contributed by atoms with Crippen LogP contribution in [-0.2, 0) is 9.53 Å². The van der Waals surface area contributed by atoms with Gasteiger partial charge in [0.05, 0.1) is 6.10 Å². The van der Waals surface area contributed by atoms with Crippen LogP contribution in [0.4, 0.5) is 4.79 Å². The zero-order valence-electron chi connectivity index (χ0n) is 10.9. The number of hydrogen-bond donors (Lipinski definition) is 2. The molecule has 0 aromatic heterocycles. The molecule has 0 aliphatic heterocycles. The first-order valence-electron chi connectivity index (χ1n) is 5.56. The van der Waals surface area contributed by atoms with E-state index in [0.29, 0.717) is 11.3 Å². The van der Waals surface area contributed by atoms with Crippen LogP contribution in [0.3, 0.4) is 0 Å². The van der Waals surface area contributed by atoms with Crippen LogP contribution >= 0.6 is 11.6 Å². The molecule has 1 fully saturated rings. The van der Waals surface area contributed by atoms with E-state index in [1.807, 2.05) is 19.9 Å². The minimum atomic E-state index is -1.83. The van der Waals surface area contributed by atoms with Gasteiger partial charge in [0.15, 0.2) is 0 Å². The molecule has 0 radical (unpaired) electrons. The van der Waals surface area contributed by atoms with Gasteiger partial charge in [0, 0.05) is 0 Å². The number of rotatable bonds is 3. The first kappa shape index (κ1) is 16.8. The minimum Gasteiger partial charge on any atom is -0.459 e. The lowest BCUT2D eigenvalue weighted by atomic mass is 10.1. The maximum Gasteiger partial charge on any atom is 0.503 e. The Balaban J connectivity index is 0.000000631. The van der Waals surface area contributed by atoms with Crippen molar-refractivity contribution in [2.45, 2.75) is 40.2 Å². The highest BCUT2D eigenvalue weighted by molar-refractivity contribution is 6.41. The van der Waals surface area contributed by atoms with Gasteiger partial charge >= 0.3 is 12.1 Å². The Labute approximate surface area is 111 Å². The molecule has 0 bridgehead atoms. The van der Waals surface area contributed by atoms with Crippen molar-refractivity contribution in [2.75, 3.05) is 0 Å². The van der Waals surface area contributed by atoms with Crippen LogP contribution in [0.2, 0.25) is 0 Å². The number of allylic oxidation sites excluding steroid dienone is 1. The van der Waals surface area contributed by atoms with Crippen molar-refractivity contribution in [3.05, 3.63) is 11.1 Å². The fourth-order valence-electron chi connectivity index (χ4n) is 1.31. The third-order valence-corrected chi connectivity index (χ3v) is 2.76. The summed E-state index contributed by atoms with van der Waals surface area (Å²) in [5, 5.41) is 14.2. The van der Waals surface area contributed by atoms with E-state index in [0.717, 1.165) is 6.42 Å². The fraction of sp³-hybridized carbons (Fsp3) is 0.667. The molecule has 5 nitrogen and oxygen atoms in total. The molecule has 104 valence electrons. The molecule has 1 rings (SSSR count). The highest BCUT2D eigenvalue weighted by Crippen LogP contribution is 2.53. The second-order valence-corrected chi connectivity index (χ2v) is 5.46. The third kappa shape index (κ3) is 7.17. The molecule has 0 amide bonds. The summed E-state index contributed by atoms with van der Waals surface area (Å²) in [6, 6.07) is 0. The third-order valence-electron chi connectivity index (χ3n) is 2.47. The van der Waals surface area contributed by atoms with E-state index in [2.05, 4.69) is 13.8 Å². The van der Waals surface area contributed by atoms with Crippen LogP contribution in [0, 0.1) is 11.3 Å². The van der Waals surface area contributed by atoms with Crippen LogP contribution < -0.4 is 0 Å². The molecular weight excluding hydrogens is 260 g/mol. The zero-order chi connectivity index (χ0) is 14.5. The Kier molecular flexibility index (Phi) is 6.18. The Morgan fingerprint density at radius 2 is 1.78 bits per heavy atom. The van der Waals surface area contributed by atoms with E-state index >= 15 is 0 Å². The number of halogens is 1. The van der Waals surface area contributed by atoms with Crippen molar-refractivity contribution < 1.29 is 24.5 Å². The molecule has 0 heterocycles. The van der Waals surface area contributed by atoms with Crippen LogP contribution in [0.5, 0.6) is 0 Å². The molecule has 18 heavy (non-hydrogen) atoms. The summed E-state index contributed by atoms with van der Waals surface area (Å²) in [5.41, 5.74) is 0.304. The Hall–Kier alpha value is -1.23. The van der Waals surface area contributed by atoms with Crippen molar-refractivity contribution in [1.29, 1.82) is 0 Å². The van der Waals surface area contributed by atoms with Gasteiger partial charge in [-0.3, -0.25) is 0 Å². The first-order chi connectivity index (χ1) is 8.06. The van der Waals surface area contributed by atoms with Gasteiger partial charge in [-0.15, -0.1) is 0 Å². The fourth-order valence-corrected chi connectivity index (χ4v) is 1.50. The van der Waals surface area contributed by atoms with Gasteiger partial charge in [0.25, 0.3) is 0 Å². The highest BCUT2D eigenvalue weighted by atomic mass is 35.5. The lowest BCUT2D eigenvalue weighted by Crippen LogP contribution is -2.11. The maximum atomic E-state index is 11.3. The summed E-state index contributed by atoms with van der Waals surface area (Å²) in [5.74, 6) is 0.0130. The van der Waals surface area contributed by atoms with E-state index < -0.39 is 12.1 Å². The zero-order valence-corrected chi connectivity index (χ0v) is 11.7. The Morgan fingerprint density at radius 1 is 1.39 bits per heavy atom. The minimum absolute atomic E-state index is 0.114. The van der Waals surface area contributed by atoms with E-state index in [1.54, 1.807) is 0 Å². The second-order valence-electron chi connectivity index (χ2n) is 5.05. The number of carbonyl (C=O) groups is 2. The summed E-state index contributed by atoms with van der Waals surface area (Å²) in [7, 11) is 0. The predicted molar refractivity (Wildman–Crippen MR) is 67.7 cm³/mol. The molecule has 0 aromatic rings. The van der Waals surface area contributed by atoms with E-state index in [4.69, 9.17) is 31.3 Å². The summed E-state index contributed by atoms with van der Waals surface area (Å²) in [6.07, 6.45) is 0.960. The maximum absolute atomic E-state index is 11.3. The molecule has 0 spiro atoms. The summed E-state index contributed by atoms with van der Waals surface area (Å²) in [6.45, 7) is 7.94. The van der Waals surface area contributed by atoms with Crippen molar-refractivity contribution in [3.63, 3.8) is 0 Å². The molecule has 0 saturated heterocycles. The molecular formula is C12H19ClO5. The van der Waals surface area contributed by atoms with Gasteiger partial charge in [-0.1, -0.05) is 31.5 Å². The van der Waals surface area contributed by atoms with Crippen LogP contribution in [0.15, 0.2) is 11.1 Å². The summed E-state index contributed by atoms with van der Waals surface area (Å²) >= 11 is 5.82. The lowest BCUT2D eigenvalue weighted by Gasteiger charge is -2.06. The van der Waals surface area contributed by atoms with Gasteiger partial charge in [0.2, 0.25) is 0 Å². The topological polar surface area (TPSA) is 83.8 Å². The molecule has 1 saturated carbocycles. The first-order valence-corrected chi connectivity index (χ1v) is 5.94. The van der Waals surface area contributed by atoms with Crippen LogP contribution in [0.1, 0.15) is 34.1 Å². The largest absolute Gasteiger partial charge is 0.503 e. The van der Waals surface area contributed by atoms with Crippen molar-refractivity contribution >= 4 is 23.7 Å². The van der Waals surface area contributed by atoms with E-state index in [1.165, 1.54) is 0 Å². The van der Waals surface area contributed by atoms with Gasteiger partial charge < -0.3 is 14.9 Å². The van der Waals surface area contributed by atoms with Crippen molar-refractivity contribution in [1.82, 2.24) is 0 Å². The molecule has 1 aliphatic carbocycles. The quantitative estimate of drug-likeness (QED) is 0.611. The molecule has 1 atom stereocenters. The van der Waals surface area contributed by atoms with Crippen LogP contribution in [0.25, 0.3) is 0 Å². The standard InChI is InChI=1S/C11H17ClO2.CH2O3/c1-7(2)14-10(13)9(12)5-8-6-11(8,3)4;2-1(3)4/h5,7-8H,6H2,1-4H3;(H2,2,3,4). The number of hydrogen-bond acceptors (Lipinski definition) is 3. The van der Waals surface area contributed by atoms with Crippen LogP contribution in [-0.4, -0.2) is 28.4 Å². The van der Waals surface area contributed by atoms with Gasteiger partial charge in [0.1, 0.15) is 5.03 Å². The van der Waals surface area contributed by atoms with Gasteiger partial charge in [-0.05, 0) is 31.6 Å². The monoisotopic (exact) mass is 278 g/mol. The number of esters is 1. The SMILES string of the molecule is CC(C)OC(=O)C(Cl)=CC1CC1(C)C.O=C(O)O. The number of carbonyl (C=O) groups excluding carboxylic acids is 1. The van der Waals surface area contributed by atoms with Crippen molar-refractivity contribution in [2.24, 2.45) is 11.3 Å². The van der Waals surface area contributed by atoms with E-state index in [-0.39, 0.29) is 11.1 Å². The Bertz CT molecular complexity index is 342. The van der Waals surface area contributed by atoms with Gasteiger partial charge in [-0.2, -0.15) is 0 Å². The summed E-state index contributed by atoms with van der Waals surface area (Å²) < 4.78 is 4.97. The predicted octanol–water partition coefficient (Wildman–Crippen LogP) is 3.33. The number of ether oxygens (including phenoxy) is 1. The second kappa shape index (κ2) is 6.64. The molecule has 1 unspecified atom stereocenters. The average Bonchev–Trinajstić information content (AvgIpc) is 2.70. The van der Waals surface area contributed by atoms with Crippen molar-refractivity contribution in [3.8, 4) is 0 Å². The van der Waals surface area contributed by atoms with Gasteiger partial charge in [-0.25, -0.2) is 9.59 Å². The average molecular weight is 279 g/mol. The molecule has 6 heteroatoms. The number of carboxylic acid groups (broad SMARTS) is 2. The molecule has 2 N–H and O–H groups in total. The highest BCUT2D eigenvalue weighted by Gasteiger charge is 2.44. The Morgan fingerprint density at radius 3 is 2.06 bits per heavy atom. The normalized spacial score (nSPS) is 20.8. The summed E-state index contributed by atoms with van der Waals surface area (Å²) in [4.78, 5) is 19.9. The lowest BCUT2D eigenvalue weighted by molar-refractivity contribution is -0.141. The molecule has 0 aromatic carbocycles.